The lowest BCUT2D eigenvalue weighted by Gasteiger charge is -2.16. The molecule has 4 nitrogen and oxygen atoms in total. The maximum Gasteiger partial charge on any atom is 0.222 e. The van der Waals surface area contributed by atoms with Crippen LogP contribution in [0.15, 0.2) is 19.0 Å². The third-order valence-electron chi connectivity index (χ3n) is 2.53. The van der Waals surface area contributed by atoms with Crippen molar-refractivity contribution in [1.29, 1.82) is 0 Å². The topological polar surface area (TPSA) is 47.0 Å². The fraction of sp³-hybridized carbons (Fsp3) is 0.571. The van der Waals surface area contributed by atoms with Gasteiger partial charge >= 0.3 is 0 Å². The van der Waals surface area contributed by atoms with Gasteiger partial charge in [-0.25, -0.2) is 9.97 Å². The number of nitrogens with one attached hydrogen (secondary N) is 1. The fourth-order valence-corrected chi connectivity index (χ4v) is 1.64. The number of rotatable bonds is 8. The van der Waals surface area contributed by atoms with E-state index in [4.69, 9.17) is 4.74 Å². The molecule has 0 saturated carbocycles. The Morgan fingerprint density at radius 2 is 2.22 bits per heavy atom. The van der Waals surface area contributed by atoms with E-state index in [1.165, 1.54) is 0 Å². The highest BCUT2D eigenvalue weighted by molar-refractivity contribution is 5.50. The molecule has 4 heteroatoms. The summed E-state index contributed by atoms with van der Waals surface area (Å²) in [5.74, 6) is 1.89. The molecule has 1 aromatic rings. The van der Waals surface area contributed by atoms with Crippen molar-refractivity contribution >= 4 is 5.82 Å². The van der Waals surface area contributed by atoms with Crippen molar-refractivity contribution in [3.8, 4) is 5.88 Å². The number of anilines is 1. The largest absolute Gasteiger partial charge is 0.477 e. The molecule has 0 unspecified atom stereocenters. The molecule has 1 N–H and O–H groups in total. The van der Waals surface area contributed by atoms with Crippen LogP contribution in [0.5, 0.6) is 5.88 Å². The van der Waals surface area contributed by atoms with E-state index < -0.39 is 0 Å². The average molecular weight is 249 g/mol. The van der Waals surface area contributed by atoms with E-state index in [2.05, 4.69) is 42.6 Å². The van der Waals surface area contributed by atoms with Crippen molar-refractivity contribution in [3.63, 3.8) is 0 Å². The fourth-order valence-electron chi connectivity index (χ4n) is 1.64. The first-order valence-corrected chi connectivity index (χ1v) is 6.53. The maximum atomic E-state index is 5.70. The molecule has 1 aromatic heterocycles. The van der Waals surface area contributed by atoms with Crippen molar-refractivity contribution < 1.29 is 4.74 Å². The van der Waals surface area contributed by atoms with Crippen LogP contribution in [0.2, 0.25) is 0 Å². The zero-order valence-electron chi connectivity index (χ0n) is 11.6. The normalized spacial score (nSPS) is 10.4. The van der Waals surface area contributed by atoms with Gasteiger partial charge in [0.25, 0.3) is 0 Å². The van der Waals surface area contributed by atoms with Crippen LogP contribution in [0.4, 0.5) is 5.82 Å². The predicted molar refractivity (Wildman–Crippen MR) is 75.2 cm³/mol. The van der Waals surface area contributed by atoms with Crippen LogP contribution in [0.25, 0.3) is 0 Å². The summed E-state index contributed by atoms with van der Waals surface area (Å²) in [7, 11) is 0. The standard InChI is InChI=1S/C14H23N3O/c1-5-7-9-18-14-12(11(3)4)13(15-8-6-2)16-10-17-14/h5,10-11H,1,6-9H2,2-4H3,(H,15,16,17). The minimum atomic E-state index is 0.323. The van der Waals surface area contributed by atoms with Crippen molar-refractivity contribution in [3.05, 3.63) is 24.5 Å². The molecular weight excluding hydrogens is 226 g/mol. The summed E-state index contributed by atoms with van der Waals surface area (Å²) in [6.07, 6.45) is 5.27. The van der Waals surface area contributed by atoms with E-state index in [1.54, 1.807) is 6.33 Å². The van der Waals surface area contributed by atoms with Gasteiger partial charge in [0.05, 0.1) is 12.2 Å². The van der Waals surface area contributed by atoms with Crippen LogP contribution in [0, 0.1) is 0 Å². The van der Waals surface area contributed by atoms with Gasteiger partial charge in [-0.2, -0.15) is 0 Å². The molecule has 18 heavy (non-hydrogen) atoms. The summed E-state index contributed by atoms with van der Waals surface area (Å²) >= 11 is 0. The van der Waals surface area contributed by atoms with E-state index >= 15 is 0 Å². The lowest BCUT2D eigenvalue weighted by atomic mass is 10.1. The molecule has 0 atom stereocenters. The second-order valence-electron chi connectivity index (χ2n) is 4.45. The second-order valence-corrected chi connectivity index (χ2v) is 4.45. The Hall–Kier alpha value is -1.58. The lowest BCUT2D eigenvalue weighted by molar-refractivity contribution is 0.307. The number of hydrogen-bond acceptors (Lipinski definition) is 4. The van der Waals surface area contributed by atoms with Gasteiger partial charge in [0.1, 0.15) is 12.1 Å². The quantitative estimate of drug-likeness (QED) is 0.567. The van der Waals surface area contributed by atoms with Gasteiger partial charge in [0.15, 0.2) is 0 Å². The first-order valence-electron chi connectivity index (χ1n) is 6.53. The summed E-state index contributed by atoms with van der Waals surface area (Å²) in [6.45, 7) is 11.6. The smallest absolute Gasteiger partial charge is 0.222 e. The molecule has 0 aliphatic rings. The Morgan fingerprint density at radius 1 is 1.44 bits per heavy atom. The Morgan fingerprint density at radius 3 is 2.83 bits per heavy atom. The molecular formula is C14H23N3O. The van der Waals surface area contributed by atoms with Crippen LogP contribution in [-0.4, -0.2) is 23.1 Å². The summed E-state index contributed by atoms with van der Waals surface area (Å²) in [5, 5.41) is 3.32. The summed E-state index contributed by atoms with van der Waals surface area (Å²) < 4.78 is 5.70. The average Bonchev–Trinajstić information content (AvgIpc) is 2.36. The summed E-state index contributed by atoms with van der Waals surface area (Å²) in [5.41, 5.74) is 1.05. The summed E-state index contributed by atoms with van der Waals surface area (Å²) in [4.78, 5) is 8.54. The van der Waals surface area contributed by atoms with E-state index in [0.29, 0.717) is 18.4 Å². The Kier molecular flexibility index (Phi) is 6.19. The van der Waals surface area contributed by atoms with Crippen LogP contribution >= 0.6 is 0 Å². The molecule has 0 saturated heterocycles. The van der Waals surface area contributed by atoms with Gasteiger partial charge in [-0.15, -0.1) is 6.58 Å². The molecule has 0 spiro atoms. The van der Waals surface area contributed by atoms with E-state index in [9.17, 15) is 0 Å². The van der Waals surface area contributed by atoms with Crippen molar-refractivity contribution in [2.75, 3.05) is 18.5 Å². The van der Waals surface area contributed by atoms with Crippen molar-refractivity contribution in [2.45, 2.75) is 39.5 Å². The Bertz CT molecular complexity index is 377. The van der Waals surface area contributed by atoms with E-state index in [1.807, 2.05) is 6.08 Å². The molecule has 0 aliphatic heterocycles. The number of nitrogens with zero attached hydrogens (tertiary/aromatic N) is 2. The number of ether oxygens (including phenoxy) is 1. The first kappa shape index (κ1) is 14.5. The highest BCUT2D eigenvalue weighted by Crippen LogP contribution is 2.29. The molecule has 0 bridgehead atoms. The van der Waals surface area contributed by atoms with Crippen molar-refractivity contribution in [2.24, 2.45) is 0 Å². The Labute approximate surface area is 109 Å². The zero-order valence-corrected chi connectivity index (χ0v) is 11.6. The number of hydrogen-bond donors (Lipinski definition) is 1. The van der Waals surface area contributed by atoms with Gasteiger partial charge in [-0.05, 0) is 18.8 Å². The van der Waals surface area contributed by atoms with Gasteiger partial charge in [0, 0.05) is 6.54 Å². The van der Waals surface area contributed by atoms with Crippen LogP contribution in [0.1, 0.15) is 45.1 Å². The minimum absolute atomic E-state index is 0.323. The summed E-state index contributed by atoms with van der Waals surface area (Å²) in [6, 6.07) is 0. The van der Waals surface area contributed by atoms with Gasteiger partial charge in [-0.1, -0.05) is 26.8 Å². The minimum Gasteiger partial charge on any atom is -0.477 e. The van der Waals surface area contributed by atoms with Crippen molar-refractivity contribution in [1.82, 2.24) is 9.97 Å². The lowest BCUT2D eigenvalue weighted by Crippen LogP contribution is -2.10. The third-order valence-corrected chi connectivity index (χ3v) is 2.53. The molecule has 0 fully saturated rings. The molecule has 100 valence electrons. The Balaban J connectivity index is 2.90. The van der Waals surface area contributed by atoms with Gasteiger partial charge in [0.2, 0.25) is 5.88 Å². The highest BCUT2D eigenvalue weighted by Gasteiger charge is 2.15. The SMILES string of the molecule is C=CCCOc1ncnc(NCCC)c1C(C)C. The van der Waals surface area contributed by atoms with E-state index in [-0.39, 0.29) is 0 Å². The monoisotopic (exact) mass is 249 g/mol. The number of aromatic nitrogens is 2. The van der Waals surface area contributed by atoms with Crippen LogP contribution in [-0.2, 0) is 0 Å². The predicted octanol–water partition coefficient (Wildman–Crippen LogP) is 3.38. The molecule has 0 amide bonds. The maximum absolute atomic E-state index is 5.70. The zero-order chi connectivity index (χ0) is 13.4. The van der Waals surface area contributed by atoms with Gasteiger partial charge in [-0.3, -0.25) is 0 Å². The van der Waals surface area contributed by atoms with Crippen LogP contribution in [0.3, 0.4) is 0 Å². The molecule has 0 radical (unpaired) electrons. The first-order chi connectivity index (χ1) is 8.70. The van der Waals surface area contributed by atoms with Crippen LogP contribution < -0.4 is 10.1 Å². The molecule has 0 aromatic carbocycles. The highest BCUT2D eigenvalue weighted by atomic mass is 16.5. The molecule has 1 heterocycles. The van der Waals surface area contributed by atoms with Gasteiger partial charge < -0.3 is 10.1 Å². The molecule has 0 aliphatic carbocycles. The third kappa shape index (κ3) is 4.02. The second kappa shape index (κ2) is 7.69. The van der Waals surface area contributed by atoms with E-state index in [0.717, 1.165) is 30.8 Å². The molecule has 1 rings (SSSR count).